The van der Waals surface area contributed by atoms with Crippen LogP contribution in [0.4, 0.5) is 0 Å². The number of benzene rings is 1. The van der Waals surface area contributed by atoms with E-state index in [-0.39, 0.29) is 11.8 Å². The van der Waals surface area contributed by atoms with Gasteiger partial charge in [0.2, 0.25) is 0 Å². The van der Waals surface area contributed by atoms with Crippen LogP contribution in [0.15, 0.2) is 24.3 Å². The molecule has 0 fully saturated rings. The number of likely N-dealkylation sites (N-methyl/N-ethyl adjacent to an activating group) is 1. The number of nitrogens with zero attached hydrogens (tertiary/aromatic N) is 1. The lowest BCUT2D eigenvalue weighted by atomic mass is 9.94. The number of carbonyl (C=O) groups is 1. The topological polar surface area (TPSA) is 60.8 Å². The summed E-state index contributed by atoms with van der Waals surface area (Å²) in [5, 5.41) is 19.4. The smallest absolute Gasteiger partial charge is 0.323 e. The zero-order chi connectivity index (χ0) is 14.6. The van der Waals surface area contributed by atoms with Crippen molar-refractivity contribution in [3.8, 4) is 5.75 Å². The van der Waals surface area contributed by atoms with Crippen molar-refractivity contribution in [1.29, 1.82) is 0 Å². The molecule has 0 bridgehead atoms. The number of carboxylic acid groups (broad SMARTS) is 1. The summed E-state index contributed by atoms with van der Waals surface area (Å²) in [6.45, 7) is 7.93. The van der Waals surface area contributed by atoms with Gasteiger partial charge in [-0.25, -0.2) is 0 Å². The summed E-state index contributed by atoms with van der Waals surface area (Å²) in [7, 11) is 0. The fourth-order valence-electron chi connectivity index (χ4n) is 2.51. The minimum atomic E-state index is -0.974. The van der Waals surface area contributed by atoms with Crippen molar-refractivity contribution in [1.82, 2.24) is 4.90 Å². The van der Waals surface area contributed by atoms with Crippen LogP contribution in [0.25, 0.3) is 0 Å². The summed E-state index contributed by atoms with van der Waals surface area (Å²) in [5.41, 5.74) is -0.196. The molecule has 0 heterocycles. The summed E-state index contributed by atoms with van der Waals surface area (Å²) in [4.78, 5) is 13.4. The molecule has 0 aliphatic rings. The van der Waals surface area contributed by atoms with Crippen molar-refractivity contribution in [2.75, 3.05) is 6.54 Å². The minimum Gasteiger partial charge on any atom is -0.508 e. The van der Waals surface area contributed by atoms with Gasteiger partial charge in [-0.1, -0.05) is 32.0 Å². The highest BCUT2D eigenvalue weighted by Gasteiger charge is 2.38. The summed E-state index contributed by atoms with van der Waals surface area (Å²) >= 11 is 0. The van der Waals surface area contributed by atoms with Gasteiger partial charge in [0.1, 0.15) is 11.3 Å². The molecule has 2 N–H and O–H groups in total. The monoisotopic (exact) mass is 265 g/mol. The molecule has 1 atom stereocenters. The first kappa shape index (κ1) is 15.5. The number of carboxylic acids is 1. The van der Waals surface area contributed by atoms with E-state index >= 15 is 0 Å². The predicted octanol–water partition coefficient (Wildman–Crippen LogP) is 3.03. The molecule has 1 aromatic rings. The molecule has 1 rings (SSSR count). The van der Waals surface area contributed by atoms with Crippen molar-refractivity contribution in [3.05, 3.63) is 29.8 Å². The van der Waals surface area contributed by atoms with E-state index in [1.807, 2.05) is 30.9 Å². The number of aromatic hydroxyl groups is 1. The molecular weight excluding hydrogens is 242 g/mol. The lowest BCUT2D eigenvalue weighted by Gasteiger charge is -2.40. The van der Waals surface area contributed by atoms with Gasteiger partial charge in [-0.15, -0.1) is 0 Å². The number of phenols is 1. The maximum Gasteiger partial charge on any atom is 0.323 e. The van der Waals surface area contributed by atoms with E-state index in [1.165, 1.54) is 0 Å². The van der Waals surface area contributed by atoms with Crippen molar-refractivity contribution in [2.45, 2.75) is 45.7 Å². The Hall–Kier alpha value is -1.55. The van der Waals surface area contributed by atoms with Crippen LogP contribution in [0.5, 0.6) is 5.75 Å². The molecule has 0 spiro atoms. The average Bonchev–Trinajstić information content (AvgIpc) is 2.36. The van der Waals surface area contributed by atoms with Gasteiger partial charge in [-0.05, 0) is 32.9 Å². The van der Waals surface area contributed by atoms with Gasteiger partial charge < -0.3 is 10.2 Å². The molecule has 19 heavy (non-hydrogen) atoms. The van der Waals surface area contributed by atoms with Crippen LogP contribution in [0.2, 0.25) is 0 Å². The minimum absolute atomic E-state index is 0.114. The van der Waals surface area contributed by atoms with E-state index in [2.05, 4.69) is 0 Å². The van der Waals surface area contributed by atoms with Crippen LogP contribution in [-0.4, -0.2) is 33.2 Å². The Kier molecular flexibility index (Phi) is 4.95. The molecule has 0 aliphatic carbocycles. The number of hydrogen-bond donors (Lipinski definition) is 2. The van der Waals surface area contributed by atoms with E-state index in [9.17, 15) is 15.0 Å². The Labute approximate surface area is 114 Å². The highest BCUT2D eigenvalue weighted by molar-refractivity contribution is 5.77. The van der Waals surface area contributed by atoms with Crippen LogP contribution < -0.4 is 0 Å². The van der Waals surface area contributed by atoms with Crippen LogP contribution in [0.1, 0.15) is 45.7 Å². The summed E-state index contributed by atoms with van der Waals surface area (Å²) in [5.74, 6) is -0.641. The van der Waals surface area contributed by atoms with E-state index in [0.29, 0.717) is 6.54 Å². The van der Waals surface area contributed by atoms with Gasteiger partial charge in [-0.3, -0.25) is 9.69 Å². The molecule has 1 unspecified atom stereocenters. The number of aliphatic carboxylic acids is 1. The summed E-state index contributed by atoms with van der Waals surface area (Å²) in [6, 6.07) is 7.00. The zero-order valence-corrected chi connectivity index (χ0v) is 12.1. The molecule has 4 nitrogen and oxygen atoms in total. The first-order valence-corrected chi connectivity index (χ1v) is 6.64. The summed E-state index contributed by atoms with van der Waals surface area (Å²) in [6.07, 6.45) is 0.738. The van der Waals surface area contributed by atoms with Gasteiger partial charge in [0, 0.05) is 11.6 Å². The van der Waals surface area contributed by atoms with Crippen molar-refractivity contribution < 1.29 is 15.0 Å². The fourth-order valence-corrected chi connectivity index (χ4v) is 2.51. The second kappa shape index (κ2) is 6.06. The Morgan fingerprint density at radius 2 is 1.89 bits per heavy atom. The van der Waals surface area contributed by atoms with Gasteiger partial charge in [0.15, 0.2) is 0 Å². The van der Waals surface area contributed by atoms with E-state index in [0.717, 1.165) is 12.0 Å². The highest BCUT2D eigenvalue weighted by atomic mass is 16.4. The standard InChI is InChI=1S/C15H23NO3/c1-5-12(11-9-7-8-10-13(11)17)16(6-2)15(3,4)14(18)19/h7-10,12,17H,5-6H2,1-4H3,(H,18,19). The third-order valence-corrected chi connectivity index (χ3v) is 3.64. The average molecular weight is 265 g/mol. The van der Waals surface area contributed by atoms with Gasteiger partial charge in [0.25, 0.3) is 0 Å². The SMILES string of the molecule is CCC(c1ccccc1O)N(CC)C(C)(C)C(=O)O. The molecule has 0 aromatic heterocycles. The maximum absolute atomic E-state index is 11.5. The lowest BCUT2D eigenvalue weighted by Crippen LogP contribution is -2.51. The molecule has 1 aromatic carbocycles. The van der Waals surface area contributed by atoms with Crippen molar-refractivity contribution >= 4 is 5.97 Å². The molecular formula is C15H23NO3. The van der Waals surface area contributed by atoms with Gasteiger partial charge in [0.05, 0.1) is 0 Å². The second-order valence-corrected chi connectivity index (χ2v) is 5.13. The Morgan fingerprint density at radius 3 is 2.32 bits per heavy atom. The van der Waals surface area contributed by atoms with Crippen LogP contribution in [0, 0.1) is 0 Å². The quantitative estimate of drug-likeness (QED) is 0.830. The fraction of sp³-hybridized carbons (Fsp3) is 0.533. The Bertz CT molecular complexity index is 443. The highest BCUT2D eigenvalue weighted by Crippen LogP contribution is 2.35. The van der Waals surface area contributed by atoms with Gasteiger partial charge in [-0.2, -0.15) is 0 Å². The van der Waals surface area contributed by atoms with E-state index in [1.54, 1.807) is 26.0 Å². The van der Waals surface area contributed by atoms with Crippen molar-refractivity contribution in [2.24, 2.45) is 0 Å². The third-order valence-electron chi connectivity index (χ3n) is 3.64. The number of hydrogen-bond acceptors (Lipinski definition) is 3. The first-order valence-electron chi connectivity index (χ1n) is 6.64. The molecule has 4 heteroatoms. The second-order valence-electron chi connectivity index (χ2n) is 5.13. The predicted molar refractivity (Wildman–Crippen MR) is 75.2 cm³/mol. The molecule has 0 saturated carbocycles. The Balaban J connectivity index is 3.21. The first-order chi connectivity index (χ1) is 8.86. The molecule has 0 radical (unpaired) electrons. The van der Waals surface area contributed by atoms with Crippen LogP contribution in [0.3, 0.4) is 0 Å². The molecule has 0 amide bonds. The number of para-hydroxylation sites is 1. The van der Waals surface area contributed by atoms with Gasteiger partial charge >= 0.3 is 5.97 Å². The molecule has 0 saturated heterocycles. The third kappa shape index (κ3) is 3.07. The van der Waals surface area contributed by atoms with E-state index < -0.39 is 11.5 Å². The van der Waals surface area contributed by atoms with Crippen LogP contribution >= 0.6 is 0 Å². The molecule has 106 valence electrons. The Morgan fingerprint density at radius 1 is 1.32 bits per heavy atom. The number of rotatable bonds is 6. The summed E-state index contributed by atoms with van der Waals surface area (Å²) < 4.78 is 0. The zero-order valence-electron chi connectivity index (χ0n) is 12.1. The maximum atomic E-state index is 11.5. The number of phenolic OH excluding ortho intramolecular Hbond substituents is 1. The molecule has 0 aliphatic heterocycles. The van der Waals surface area contributed by atoms with E-state index in [4.69, 9.17) is 0 Å². The normalized spacial score (nSPS) is 13.5. The van der Waals surface area contributed by atoms with Crippen LogP contribution in [-0.2, 0) is 4.79 Å². The lowest BCUT2D eigenvalue weighted by molar-refractivity contribution is -0.151. The van der Waals surface area contributed by atoms with Crippen molar-refractivity contribution in [3.63, 3.8) is 0 Å². The largest absolute Gasteiger partial charge is 0.508 e.